The summed E-state index contributed by atoms with van der Waals surface area (Å²) < 4.78 is 0. The monoisotopic (exact) mass is 263 g/mol. The van der Waals surface area contributed by atoms with Crippen LogP contribution in [0.15, 0.2) is 24.3 Å². The van der Waals surface area contributed by atoms with Gasteiger partial charge in [0.05, 0.1) is 11.6 Å². The Morgan fingerprint density at radius 2 is 2.00 bits per heavy atom. The molecule has 0 aromatic heterocycles. The van der Waals surface area contributed by atoms with Crippen molar-refractivity contribution in [2.75, 3.05) is 7.05 Å². The third-order valence-electron chi connectivity index (χ3n) is 4.40. The van der Waals surface area contributed by atoms with Crippen LogP contribution in [0.5, 0.6) is 0 Å². The largest absolute Gasteiger partial charge is 0.392 e. The van der Waals surface area contributed by atoms with Crippen molar-refractivity contribution >= 4 is 27.3 Å². The predicted octanol–water partition coefficient (Wildman–Crippen LogP) is 0.682. The van der Waals surface area contributed by atoms with Gasteiger partial charge in [-0.1, -0.05) is 47.9 Å². The van der Waals surface area contributed by atoms with Gasteiger partial charge in [-0.15, -0.1) is 0 Å². The molecule has 1 aromatic rings. The SMILES string of the molecule is BC1(B)CCCC(NC)(c2ccccc2Cl)C1O. The highest BCUT2D eigenvalue weighted by Crippen LogP contribution is 2.48. The van der Waals surface area contributed by atoms with Crippen molar-refractivity contribution in [3.05, 3.63) is 34.9 Å². The van der Waals surface area contributed by atoms with Crippen LogP contribution in [-0.4, -0.2) is 34.0 Å². The minimum absolute atomic E-state index is 0.0968. The van der Waals surface area contributed by atoms with Gasteiger partial charge in [0, 0.05) is 5.02 Å². The van der Waals surface area contributed by atoms with Crippen molar-refractivity contribution in [2.45, 2.75) is 36.1 Å². The third-order valence-corrected chi connectivity index (χ3v) is 4.73. The van der Waals surface area contributed by atoms with Crippen LogP contribution in [-0.2, 0) is 5.54 Å². The number of hydrogen-bond donors (Lipinski definition) is 2. The van der Waals surface area contributed by atoms with Crippen LogP contribution in [0.25, 0.3) is 0 Å². The maximum atomic E-state index is 10.8. The molecule has 0 aliphatic heterocycles. The molecular formula is C13H20B2ClNO. The first-order valence-electron chi connectivity index (χ1n) is 6.56. The van der Waals surface area contributed by atoms with E-state index in [1.165, 1.54) is 0 Å². The number of benzene rings is 1. The molecule has 0 saturated heterocycles. The first-order valence-corrected chi connectivity index (χ1v) is 6.94. The number of aliphatic hydroxyl groups excluding tert-OH is 1. The minimum Gasteiger partial charge on any atom is -0.392 e. The van der Waals surface area contributed by atoms with Gasteiger partial charge in [-0.25, -0.2) is 0 Å². The molecule has 96 valence electrons. The maximum absolute atomic E-state index is 10.8. The minimum atomic E-state index is -0.441. The van der Waals surface area contributed by atoms with E-state index in [1.54, 1.807) is 0 Å². The van der Waals surface area contributed by atoms with Crippen LogP contribution in [0.1, 0.15) is 24.8 Å². The summed E-state index contributed by atoms with van der Waals surface area (Å²) in [6.07, 6.45) is 2.61. The van der Waals surface area contributed by atoms with Crippen LogP contribution in [0.4, 0.5) is 0 Å². The summed E-state index contributed by atoms with van der Waals surface area (Å²) in [6, 6.07) is 7.82. The molecule has 1 fully saturated rings. The maximum Gasteiger partial charge on any atom is 0.103 e. The summed E-state index contributed by atoms with van der Waals surface area (Å²) in [4.78, 5) is 0. The van der Waals surface area contributed by atoms with Gasteiger partial charge in [-0.05, 0) is 25.1 Å². The molecule has 1 saturated carbocycles. The van der Waals surface area contributed by atoms with Crippen molar-refractivity contribution in [2.24, 2.45) is 0 Å². The molecule has 0 radical (unpaired) electrons. The second-order valence-corrected chi connectivity index (χ2v) is 6.35. The molecule has 1 aromatic carbocycles. The number of likely N-dealkylation sites (N-methyl/N-ethyl adjacent to an activating group) is 1. The van der Waals surface area contributed by atoms with E-state index in [1.807, 2.05) is 31.3 Å². The number of halogens is 1. The molecule has 0 heterocycles. The van der Waals surface area contributed by atoms with E-state index in [9.17, 15) is 5.11 Å². The lowest BCUT2D eigenvalue weighted by molar-refractivity contribution is 0.0140. The Hall–Kier alpha value is -0.440. The molecule has 2 atom stereocenters. The van der Waals surface area contributed by atoms with Crippen molar-refractivity contribution in [3.8, 4) is 0 Å². The van der Waals surface area contributed by atoms with Gasteiger partial charge in [0.2, 0.25) is 0 Å². The number of rotatable bonds is 2. The lowest BCUT2D eigenvalue weighted by Gasteiger charge is -2.50. The molecule has 2 rings (SSSR count). The van der Waals surface area contributed by atoms with Gasteiger partial charge in [-0.3, -0.25) is 0 Å². The highest BCUT2D eigenvalue weighted by molar-refractivity contribution is 6.40. The second kappa shape index (κ2) is 4.92. The van der Waals surface area contributed by atoms with Gasteiger partial charge < -0.3 is 10.4 Å². The lowest BCUT2D eigenvalue weighted by atomic mass is 9.43. The van der Waals surface area contributed by atoms with E-state index in [0.717, 1.165) is 29.8 Å². The predicted molar refractivity (Wildman–Crippen MR) is 81.8 cm³/mol. The lowest BCUT2D eigenvalue weighted by Crippen LogP contribution is -2.58. The first kappa shape index (κ1) is 14.0. The molecule has 2 N–H and O–H groups in total. The highest BCUT2D eigenvalue weighted by Gasteiger charge is 2.49. The summed E-state index contributed by atoms with van der Waals surface area (Å²) in [6.45, 7) is 0. The Morgan fingerprint density at radius 3 is 2.61 bits per heavy atom. The van der Waals surface area contributed by atoms with E-state index in [4.69, 9.17) is 11.6 Å². The summed E-state index contributed by atoms with van der Waals surface area (Å²) >= 11 is 6.33. The topological polar surface area (TPSA) is 32.3 Å². The number of nitrogens with one attached hydrogen (secondary N) is 1. The van der Waals surface area contributed by atoms with E-state index in [-0.39, 0.29) is 5.21 Å². The quantitative estimate of drug-likeness (QED) is 0.769. The van der Waals surface area contributed by atoms with Crippen LogP contribution < -0.4 is 5.32 Å². The van der Waals surface area contributed by atoms with E-state index in [0.29, 0.717) is 0 Å². The average Bonchev–Trinajstić information content (AvgIpc) is 2.34. The fourth-order valence-electron chi connectivity index (χ4n) is 3.26. The molecule has 5 heteroatoms. The normalized spacial score (nSPS) is 31.2. The molecule has 2 nitrogen and oxygen atoms in total. The molecule has 0 bridgehead atoms. The fourth-order valence-corrected chi connectivity index (χ4v) is 3.57. The van der Waals surface area contributed by atoms with Crippen LogP contribution >= 0.6 is 11.6 Å². The van der Waals surface area contributed by atoms with E-state index >= 15 is 0 Å². The van der Waals surface area contributed by atoms with Gasteiger partial charge in [0.1, 0.15) is 15.7 Å². The molecule has 2 unspecified atom stereocenters. The van der Waals surface area contributed by atoms with Crippen molar-refractivity contribution in [3.63, 3.8) is 0 Å². The molecule has 1 aliphatic carbocycles. The smallest absolute Gasteiger partial charge is 0.103 e. The number of hydrogen-bond acceptors (Lipinski definition) is 2. The van der Waals surface area contributed by atoms with Crippen LogP contribution in [0, 0.1) is 0 Å². The average molecular weight is 263 g/mol. The zero-order valence-electron chi connectivity index (χ0n) is 11.3. The van der Waals surface area contributed by atoms with E-state index in [2.05, 4.69) is 21.0 Å². The standard InChI is InChI=1S/C13H20B2ClNO/c1-17-12(9-5-2-3-6-10(9)16)7-4-8-13(14,15)11(12)18/h2-3,5-6,11,17-18H,4,7-8,14-15H2,1H3. The molecule has 0 spiro atoms. The molecular weight excluding hydrogens is 243 g/mol. The fraction of sp³-hybridized carbons (Fsp3) is 0.538. The van der Waals surface area contributed by atoms with Gasteiger partial charge >= 0.3 is 0 Å². The van der Waals surface area contributed by atoms with Crippen LogP contribution in [0.2, 0.25) is 10.2 Å². The summed E-state index contributed by atoms with van der Waals surface area (Å²) in [5, 5.41) is 14.8. The second-order valence-electron chi connectivity index (χ2n) is 5.95. The van der Waals surface area contributed by atoms with E-state index < -0.39 is 11.6 Å². The highest BCUT2D eigenvalue weighted by atomic mass is 35.5. The Labute approximate surface area is 116 Å². The first-order chi connectivity index (χ1) is 8.44. The zero-order chi connectivity index (χ0) is 13.4. The van der Waals surface area contributed by atoms with Crippen LogP contribution in [0.3, 0.4) is 0 Å². The van der Waals surface area contributed by atoms with Crippen molar-refractivity contribution in [1.82, 2.24) is 5.32 Å². The third kappa shape index (κ3) is 2.11. The zero-order valence-corrected chi connectivity index (χ0v) is 12.1. The van der Waals surface area contributed by atoms with Gasteiger partial charge in [0.25, 0.3) is 0 Å². The summed E-state index contributed by atoms with van der Waals surface area (Å²) in [7, 11) is 6.16. The van der Waals surface area contributed by atoms with Crippen molar-refractivity contribution in [1.29, 1.82) is 0 Å². The van der Waals surface area contributed by atoms with Gasteiger partial charge in [-0.2, -0.15) is 0 Å². The Kier molecular flexibility index (Phi) is 3.82. The number of aliphatic hydroxyl groups is 1. The summed E-state index contributed by atoms with van der Waals surface area (Å²) in [5.41, 5.74) is 0.578. The molecule has 1 aliphatic rings. The Balaban J connectivity index is 2.51. The molecule has 0 amide bonds. The van der Waals surface area contributed by atoms with Gasteiger partial charge in [0.15, 0.2) is 0 Å². The van der Waals surface area contributed by atoms with Crippen molar-refractivity contribution < 1.29 is 5.11 Å². The summed E-state index contributed by atoms with van der Waals surface area (Å²) in [5.74, 6) is 0. The Morgan fingerprint density at radius 1 is 1.33 bits per heavy atom. The molecule has 18 heavy (non-hydrogen) atoms. The Bertz CT molecular complexity index is 441.